The van der Waals surface area contributed by atoms with E-state index in [4.69, 9.17) is 1.43 Å². The summed E-state index contributed by atoms with van der Waals surface area (Å²) >= 11 is 0. The quantitative estimate of drug-likeness (QED) is 0.629. The highest BCUT2D eigenvalue weighted by Crippen LogP contribution is 2.25. The van der Waals surface area contributed by atoms with Gasteiger partial charge in [-0.05, 0) is 19.1 Å². The van der Waals surface area contributed by atoms with Gasteiger partial charge in [0.2, 0.25) is 0 Å². The van der Waals surface area contributed by atoms with Crippen LogP contribution >= 0.6 is 0 Å². The second-order valence-corrected chi connectivity index (χ2v) is 2.21. The zero-order valence-electron chi connectivity index (χ0n) is 7.00. The second kappa shape index (κ2) is 2.62. The predicted octanol–water partition coefficient (Wildman–Crippen LogP) is 1.30. The maximum atomic E-state index is 10.9. The third-order valence-corrected chi connectivity index (χ3v) is 1.36. The molecule has 0 radical (unpaired) electrons. The number of carbonyl (C=O) groups is 1. The van der Waals surface area contributed by atoms with E-state index in [-0.39, 0.29) is 22.8 Å². The molecule has 0 heterocycles. The van der Waals surface area contributed by atoms with Crippen molar-refractivity contribution in [1.82, 2.24) is 0 Å². The van der Waals surface area contributed by atoms with E-state index in [1.54, 1.807) is 0 Å². The van der Waals surface area contributed by atoms with Gasteiger partial charge in [-0.2, -0.15) is 0 Å². The van der Waals surface area contributed by atoms with Gasteiger partial charge in [-0.25, -0.2) is 0 Å². The Hall–Kier alpha value is -1.51. The minimum Gasteiger partial charge on any atom is -0.507 e. The summed E-state index contributed by atoms with van der Waals surface area (Å²) < 4.78 is 6.61. The number of rotatable bonds is 2. The number of hydrogen-bond acceptors (Lipinski definition) is 3. The van der Waals surface area contributed by atoms with E-state index in [1.165, 1.54) is 25.1 Å². The van der Waals surface area contributed by atoms with Gasteiger partial charge in [0.05, 0.1) is 0 Å². The van der Waals surface area contributed by atoms with Gasteiger partial charge in [0.15, 0.2) is 5.78 Å². The first-order chi connectivity index (χ1) is 5.66. The van der Waals surface area contributed by atoms with Crippen molar-refractivity contribution in [3.05, 3.63) is 23.8 Å². The molecular weight excluding hydrogens is 144 g/mol. The topological polar surface area (TPSA) is 57.5 Å². The van der Waals surface area contributed by atoms with Crippen LogP contribution in [0.5, 0.6) is 11.5 Å². The number of hydrogen-bond donors (Lipinski definition) is 2. The first-order valence-corrected chi connectivity index (χ1v) is 3.13. The van der Waals surface area contributed by atoms with Crippen molar-refractivity contribution in [3.63, 3.8) is 0 Å². The molecule has 0 bridgehead atoms. The minimum atomic E-state index is -0.324. The molecule has 3 nitrogen and oxygen atoms in total. The average Bonchev–Trinajstić information content (AvgIpc) is 2.03. The Morgan fingerprint density at radius 2 is 2.18 bits per heavy atom. The van der Waals surface area contributed by atoms with Crippen LogP contribution in [-0.4, -0.2) is 17.4 Å². The number of aromatic hydroxyl groups is 2. The highest BCUT2D eigenvalue weighted by Gasteiger charge is 2.10. The van der Waals surface area contributed by atoms with Crippen molar-refractivity contribution >= 4 is 5.78 Å². The van der Waals surface area contributed by atoms with Gasteiger partial charge >= 0.3 is 0 Å². The summed E-state index contributed by atoms with van der Waals surface area (Å²) in [5.74, 6) is -0.412. The van der Waals surface area contributed by atoms with Crippen LogP contribution in [-0.2, 0) is 0 Å². The molecule has 3 heteroatoms. The molecule has 1 aromatic carbocycles. The predicted molar refractivity (Wildman–Crippen MR) is 39.8 cm³/mol. The lowest BCUT2D eigenvalue weighted by molar-refractivity contribution is 0.101. The van der Waals surface area contributed by atoms with E-state index < -0.39 is 0 Å². The SMILES string of the molecule is [2H]Oc1cccc(O)c1C(C)=O. The van der Waals surface area contributed by atoms with Crippen molar-refractivity contribution < 1.29 is 15.0 Å². The van der Waals surface area contributed by atoms with Gasteiger partial charge in [-0.15, -0.1) is 0 Å². The zero-order valence-corrected chi connectivity index (χ0v) is 6.00. The number of benzene rings is 1. The van der Waals surface area contributed by atoms with E-state index in [2.05, 4.69) is 5.11 Å². The summed E-state index contributed by atoms with van der Waals surface area (Å²) in [6.45, 7) is 1.30. The third kappa shape index (κ3) is 1.32. The molecule has 0 fully saturated rings. The molecule has 1 rings (SSSR count). The zero-order chi connectivity index (χ0) is 9.14. The molecule has 0 aliphatic rings. The molecule has 0 aromatic heterocycles. The summed E-state index contributed by atoms with van der Waals surface area (Å²) in [6, 6.07) is 4.33. The van der Waals surface area contributed by atoms with E-state index >= 15 is 0 Å². The monoisotopic (exact) mass is 153 g/mol. The lowest BCUT2D eigenvalue weighted by Gasteiger charge is -2.01. The van der Waals surface area contributed by atoms with Gasteiger partial charge < -0.3 is 10.2 Å². The van der Waals surface area contributed by atoms with Crippen LogP contribution < -0.4 is 0 Å². The Kier molecular flexibility index (Phi) is 1.48. The molecule has 2 N–H and O–H groups in total. The summed E-state index contributed by atoms with van der Waals surface area (Å²) in [5, 5.41) is 13.4. The molecule has 0 saturated carbocycles. The van der Waals surface area contributed by atoms with Crippen molar-refractivity contribution in [1.29, 1.82) is 1.43 Å². The van der Waals surface area contributed by atoms with Gasteiger partial charge in [0, 0.05) is 0 Å². The van der Waals surface area contributed by atoms with Crippen LogP contribution in [0.15, 0.2) is 18.2 Å². The standard InChI is InChI=1S/C8H8O3/c1-5(9)8-6(10)3-2-4-7(8)11/h2-4,10-11H,1H3/i/hD. The first kappa shape index (κ1) is 6.22. The lowest BCUT2D eigenvalue weighted by Crippen LogP contribution is -1.92. The second-order valence-electron chi connectivity index (χ2n) is 2.21. The van der Waals surface area contributed by atoms with Crippen LogP contribution in [0, 0.1) is 0 Å². The normalized spacial score (nSPS) is 10.5. The fourth-order valence-electron chi connectivity index (χ4n) is 0.873. The third-order valence-electron chi connectivity index (χ3n) is 1.36. The molecule has 0 unspecified atom stereocenters. The summed E-state index contributed by atoms with van der Waals surface area (Å²) in [7, 11) is 0. The summed E-state index contributed by atoms with van der Waals surface area (Å²) in [5.41, 5.74) is 0.0486. The lowest BCUT2D eigenvalue weighted by atomic mass is 10.1. The molecule has 58 valence electrons. The summed E-state index contributed by atoms with van der Waals surface area (Å²) in [4.78, 5) is 10.9. The van der Waals surface area contributed by atoms with Crippen LogP contribution in [0.4, 0.5) is 0 Å². The Bertz CT molecular complexity index is 309. The molecule has 0 spiro atoms. The highest BCUT2D eigenvalue weighted by molar-refractivity contribution is 5.99. The molecule has 0 aliphatic heterocycles. The largest absolute Gasteiger partial charge is 0.507 e. The maximum Gasteiger partial charge on any atom is 0.293 e. The average molecular weight is 153 g/mol. The van der Waals surface area contributed by atoms with Gasteiger partial charge in [0.1, 0.15) is 17.1 Å². The molecule has 1 aromatic rings. The number of phenols is 2. The van der Waals surface area contributed by atoms with Gasteiger partial charge in [0.25, 0.3) is 1.43 Å². The van der Waals surface area contributed by atoms with Crippen molar-refractivity contribution in [2.24, 2.45) is 0 Å². The van der Waals surface area contributed by atoms with Crippen molar-refractivity contribution in [2.75, 3.05) is 0 Å². The number of Topliss-reactive ketones (excluding diaryl/α,β-unsaturated/α-hetero) is 1. The minimum absolute atomic E-state index is 0.0486. The fourth-order valence-corrected chi connectivity index (χ4v) is 0.873. The molecule has 0 atom stereocenters. The maximum absolute atomic E-state index is 10.9. The molecule has 0 aliphatic carbocycles. The van der Waals surface area contributed by atoms with Gasteiger partial charge in [-0.3, -0.25) is 4.79 Å². The first-order valence-electron chi connectivity index (χ1n) is 3.53. The van der Waals surface area contributed by atoms with E-state index in [0.717, 1.165) is 0 Å². The van der Waals surface area contributed by atoms with Crippen LogP contribution in [0.2, 0.25) is 0 Å². The van der Waals surface area contributed by atoms with Crippen LogP contribution in [0.3, 0.4) is 0 Å². The molecular formula is C8H8O3. The molecule has 11 heavy (non-hydrogen) atoms. The van der Waals surface area contributed by atoms with Crippen molar-refractivity contribution in [2.45, 2.75) is 6.92 Å². The fraction of sp³-hybridized carbons (Fsp3) is 0.125. The Balaban J connectivity index is 3.29. The van der Waals surface area contributed by atoms with Gasteiger partial charge in [-0.1, -0.05) is 6.07 Å². The molecule has 0 saturated heterocycles. The molecule has 0 amide bonds. The smallest absolute Gasteiger partial charge is 0.293 e. The number of carbonyl (C=O) groups excluding carboxylic acids is 1. The Morgan fingerprint density at radius 3 is 2.64 bits per heavy atom. The highest BCUT2D eigenvalue weighted by atomic mass is 16.3. The van der Waals surface area contributed by atoms with Crippen LogP contribution in [0.1, 0.15) is 17.3 Å². The van der Waals surface area contributed by atoms with Crippen LogP contribution in [0.25, 0.3) is 0 Å². The Labute approximate surface area is 65.4 Å². The van der Waals surface area contributed by atoms with E-state index in [9.17, 15) is 9.90 Å². The van der Waals surface area contributed by atoms with Crippen molar-refractivity contribution in [3.8, 4) is 11.5 Å². The van der Waals surface area contributed by atoms with E-state index in [1.807, 2.05) is 0 Å². The number of ketones is 1. The summed E-state index contributed by atoms with van der Waals surface area (Å²) in [6.07, 6.45) is 0. The number of phenolic OH excluding ortho intramolecular Hbond substituents is 2. The van der Waals surface area contributed by atoms with E-state index in [0.29, 0.717) is 0 Å². The Morgan fingerprint density at radius 1 is 1.55 bits per heavy atom.